The van der Waals surface area contributed by atoms with Crippen molar-refractivity contribution in [1.29, 1.82) is 0 Å². The number of pyridine rings is 1. The maximum atomic E-state index is 13.6. The predicted octanol–water partition coefficient (Wildman–Crippen LogP) is 2.32. The fourth-order valence-electron chi connectivity index (χ4n) is 5.58. The van der Waals surface area contributed by atoms with Crippen molar-refractivity contribution in [3.05, 3.63) is 66.0 Å². The van der Waals surface area contributed by atoms with E-state index in [-0.39, 0.29) is 25.8 Å². The number of benzene rings is 1. The van der Waals surface area contributed by atoms with Crippen molar-refractivity contribution in [1.82, 2.24) is 20.9 Å². The zero-order chi connectivity index (χ0) is 26.9. The number of carbonyl (C=O) groups is 4. The lowest BCUT2D eigenvalue weighted by Crippen LogP contribution is -2.66. The van der Waals surface area contributed by atoms with Gasteiger partial charge in [-0.2, -0.15) is 0 Å². The molecule has 5 rings (SSSR count). The minimum atomic E-state index is -2.68. The second kappa shape index (κ2) is 10.2. The molecule has 2 aromatic rings. The Kier molecular flexibility index (Phi) is 6.98. The number of fused-ring (bicyclic) bond motifs is 1. The van der Waals surface area contributed by atoms with E-state index >= 15 is 0 Å². The van der Waals surface area contributed by atoms with Crippen LogP contribution in [0.25, 0.3) is 0 Å². The van der Waals surface area contributed by atoms with Gasteiger partial charge in [0.15, 0.2) is 0 Å². The van der Waals surface area contributed by atoms with E-state index < -0.39 is 58.8 Å². The molecule has 1 aromatic carbocycles. The first-order valence-electron chi connectivity index (χ1n) is 13.0. The number of amides is 3. The topological polar surface area (TPSA) is 117 Å². The smallest absolute Gasteiger partial charge is 0.289 e. The average molecular weight is 525 g/mol. The Labute approximate surface area is 219 Å². The van der Waals surface area contributed by atoms with Gasteiger partial charge in [-0.05, 0) is 49.8 Å². The van der Waals surface area contributed by atoms with Crippen LogP contribution >= 0.6 is 0 Å². The van der Waals surface area contributed by atoms with Gasteiger partial charge in [0.1, 0.15) is 11.6 Å². The molecule has 3 aliphatic rings. The predicted molar refractivity (Wildman–Crippen MR) is 133 cm³/mol. The minimum absolute atomic E-state index is 0.0554. The number of rotatable bonds is 10. The van der Waals surface area contributed by atoms with E-state index in [9.17, 15) is 28.0 Å². The quantitative estimate of drug-likeness (QED) is 0.413. The Balaban J connectivity index is 1.25. The molecular formula is C28H30F2N4O4. The highest BCUT2D eigenvalue weighted by atomic mass is 19.3. The summed E-state index contributed by atoms with van der Waals surface area (Å²) in [4.78, 5) is 56.4. The van der Waals surface area contributed by atoms with Crippen LogP contribution < -0.4 is 16.0 Å². The van der Waals surface area contributed by atoms with Gasteiger partial charge in [0.2, 0.25) is 17.6 Å². The van der Waals surface area contributed by atoms with E-state index in [1.807, 2.05) is 6.07 Å². The van der Waals surface area contributed by atoms with Crippen LogP contribution in [0.3, 0.4) is 0 Å². The van der Waals surface area contributed by atoms with E-state index in [0.717, 1.165) is 5.56 Å². The van der Waals surface area contributed by atoms with Gasteiger partial charge in [0, 0.05) is 30.4 Å². The molecule has 0 spiro atoms. The number of carbonyl (C=O) groups excluding carboxylic acids is 4. The Morgan fingerprint density at radius 1 is 0.974 bits per heavy atom. The monoisotopic (exact) mass is 524 g/mol. The molecule has 3 N–H and O–H groups in total. The zero-order valence-electron chi connectivity index (χ0n) is 20.8. The lowest BCUT2D eigenvalue weighted by molar-refractivity contribution is -0.143. The molecule has 1 aromatic heterocycles. The fraction of sp³-hybridized carbons (Fsp3) is 0.464. The van der Waals surface area contributed by atoms with Crippen molar-refractivity contribution in [2.24, 2.45) is 17.8 Å². The molecule has 8 nitrogen and oxygen atoms in total. The molecule has 0 bridgehead atoms. The van der Waals surface area contributed by atoms with Crippen molar-refractivity contribution in [2.75, 3.05) is 0 Å². The Hall–Kier alpha value is -3.69. The Morgan fingerprint density at radius 2 is 1.66 bits per heavy atom. The number of aromatic nitrogens is 1. The summed E-state index contributed by atoms with van der Waals surface area (Å²) >= 11 is 0. The van der Waals surface area contributed by atoms with Crippen molar-refractivity contribution in [3.8, 4) is 0 Å². The van der Waals surface area contributed by atoms with Gasteiger partial charge in [0.25, 0.3) is 11.8 Å². The molecular weight excluding hydrogens is 494 g/mol. The van der Waals surface area contributed by atoms with Gasteiger partial charge in [0.05, 0.1) is 12.2 Å². The SMILES string of the molecule is O=C(NCc1ccccn1)C(=O)[C@@H](Cc1ccccc1)NC(=O)C1(NC(=O)C2C[C@@H]3[C@H](C2)C3(F)F)CCC1. The summed E-state index contributed by atoms with van der Waals surface area (Å²) in [6, 6.07) is 13.1. The molecule has 3 saturated carbocycles. The molecule has 4 atom stereocenters. The van der Waals surface area contributed by atoms with E-state index in [2.05, 4.69) is 20.9 Å². The molecule has 0 aliphatic heterocycles. The van der Waals surface area contributed by atoms with Crippen molar-refractivity contribution >= 4 is 23.5 Å². The van der Waals surface area contributed by atoms with Gasteiger partial charge in [-0.25, -0.2) is 8.78 Å². The van der Waals surface area contributed by atoms with E-state index in [4.69, 9.17) is 0 Å². The standard InChI is InChI=1S/C28H30F2N4O4/c29-28(30)20-14-18(15-21(20)28)24(36)34-27(10-6-11-27)26(38)33-22(13-17-7-2-1-3-8-17)23(35)25(37)32-16-19-9-4-5-12-31-19/h1-5,7-9,12,18,20-22H,6,10-11,13-16H2,(H,32,37)(H,33,38)(H,34,36)/t18?,20-,21+,22-/m1/s1. The van der Waals surface area contributed by atoms with E-state index in [1.165, 1.54) is 0 Å². The number of hydrogen-bond acceptors (Lipinski definition) is 5. The molecule has 200 valence electrons. The molecule has 0 saturated heterocycles. The van der Waals surface area contributed by atoms with Crippen LogP contribution in [0.2, 0.25) is 0 Å². The summed E-state index contributed by atoms with van der Waals surface area (Å²) < 4.78 is 27.1. The first-order valence-corrected chi connectivity index (χ1v) is 13.0. The summed E-state index contributed by atoms with van der Waals surface area (Å²) in [7, 11) is 0. The molecule has 0 radical (unpaired) electrons. The van der Waals surface area contributed by atoms with Crippen molar-refractivity contribution in [2.45, 2.75) is 62.6 Å². The number of halogens is 2. The van der Waals surface area contributed by atoms with Gasteiger partial charge in [-0.1, -0.05) is 36.4 Å². The van der Waals surface area contributed by atoms with Crippen molar-refractivity contribution < 1.29 is 28.0 Å². The first-order chi connectivity index (χ1) is 18.2. The third-order valence-corrected chi connectivity index (χ3v) is 8.10. The minimum Gasteiger partial charge on any atom is -0.344 e. The summed E-state index contributed by atoms with van der Waals surface area (Å²) in [6.07, 6.45) is 3.35. The highest BCUT2D eigenvalue weighted by molar-refractivity contribution is 6.38. The van der Waals surface area contributed by atoms with Crippen LogP contribution in [0.5, 0.6) is 0 Å². The number of hydrogen-bond donors (Lipinski definition) is 3. The van der Waals surface area contributed by atoms with E-state index in [1.54, 1.807) is 48.7 Å². The number of nitrogens with zero attached hydrogens (tertiary/aromatic N) is 1. The van der Waals surface area contributed by atoms with Crippen LogP contribution in [0, 0.1) is 17.8 Å². The number of Topliss-reactive ketones (excluding diaryl/α,β-unsaturated/α-hetero) is 1. The Morgan fingerprint density at radius 3 is 2.26 bits per heavy atom. The van der Waals surface area contributed by atoms with Crippen LogP contribution in [-0.2, 0) is 32.1 Å². The van der Waals surface area contributed by atoms with Crippen LogP contribution in [-0.4, -0.2) is 46.0 Å². The van der Waals surface area contributed by atoms with Gasteiger partial charge in [-0.15, -0.1) is 0 Å². The molecule has 1 unspecified atom stereocenters. The second-order valence-electron chi connectivity index (χ2n) is 10.6. The third kappa shape index (κ3) is 5.16. The normalized spacial score (nSPS) is 24.7. The lowest BCUT2D eigenvalue weighted by Gasteiger charge is -2.42. The Bertz CT molecular complexity index is 1210. The lowest BCUT2D eigenvalue weighted by atomic mass is 9.75. The summed E-state index contributed by atoms with van der Waals surface area (Å²) in [5.41, 5.74) is 0.115. The fourth-order valence-corrected chi connectivity index (χ4v) is 5.58. The summed E-state index contributed by atoms with van der Waals surface area (Å²) in [6.45, 7) is 0.0554. The average Bonchev–Trinajstić information content (AvgIpc) is 3.21. The molecule has 1 heterocycles. The zero-order valence-corrected chi connectivity index (χ0v) is 20.8. The molecule has 10 heteroatoms. The van der Waals surface area contributed by atoms with Gasteiger partial charge in [-0.3, -0.25) is 24.2 Å². The highest BCUT2D eigenvalue weighted by Gasteiger charge is 2.72. The van der Waals surface area contributed by atoms with E-state index in [0.29, 0.717) is 25.0 Å². The maximum Gasteiger partial charge on any atom is 0.289 e. The molecule has 38 heavy (non-hydrogen) atoms. The van der Waals surface area contributed by atoms with Crippen molar-refractivity contribution in [3.63, 3.8) is 0 Å². The third-order valence-electron chi connectivity index (χ3n) is 8.10. The molecule has 3 aliphatic carbocycles. The number of alkyl halides is 2. The van der Waals surface area contributed by atoms with Crippen LogP contribution in [0.15, 0.2) is 54.7 Å². The molecule has 3 amide bonds. The number of nitrogens with one attached hydrogen (secondary N) is 3. The van der Waals surface area contributed by atoms with Gasteiger partial charge < -0.3 is 16.0 Å². The maximum absolute atomic E-state index is 13.6. The highest BCUT2D eigenvalue weighted by Crippen LogP contribution is 2.65. The molecule has 3 fully saturated rings. The first kappa shape index (κ1) is 25.9. The second-order valence-corrected chi connectivity index (χ2v) is 10.6. The van der Waals surface area contributed by atoms with Gasteiger partial charge >= 0.3 is 0 Å². The van der Waals surface area contributed by atoms with Crippen LogP contribution in [0.1, 0.15) is 43.4 Å². The summed E-state index contributed by atoms with van der Waals surface area (Å²) in [5, 5.41) is 8.08. The summed E-state index contributed by atoms with van der Waals surface area (Å²) in [5.74, 6) is -7.33. The number of ketones is 1. The van der Waals surface area contributed by atoms with Crippen LogP contribution in [0.4, 0.5) is 8.78 Å². The largest absolute Gasteiger partial charge is 0.344 e.